The Morgan fingerprint density at radius 1 is 1.10 bits per heavy atom. The third-order valence-corrected chi connectivity index (χ3v) is 6.94. The number of anilines is 1. The zero-order valence-corrected chi connectivity index (χ0v) is 17.1. The maximum atomic E-state index is 12.6. The number of carbonyl (C=O) groups excluding carboxylic acids is 2. The van der Waals surface area contributed by atoms with Gasteiger partial charge in [-0.05, 0) is 43.0 Å². The van der Waals surface area contributed by atoms with E-state index in [-0.39, 0.29) is 10.8 Å². The Balaban J connectivity index is 1.47. The van der Waals surface area contributed by atoms with Gasteiger partial charge in [0.2, 0.25) is 10.0 Å². The van der Waals surface area contributed by atoms with E-state index in [9.17, 15) is 18.0 Å². The van der Waals surface area contributed by atoms with Crippen molar-refractivity contribution in [2.45, 2.75) is 17.7 Å². The molecule has 0 unspecified atom stereocenters. The number of nitrogens with zero attached hydrogens (tertiary/aromatic N) is 2. The molecule has 154 valence electrons. The number of amides is 2. The van der Waals surface area contributed by atoms with Gasteiger partial charge in [0.15, 0.2) is 0 Å². The highest BCUT2D eigenvalue weighted by molar-refractivity contribution is 7.89. The summed E-state index contributed by atoms with van der Waals surface area (Å²) in [5.74, 6) is -1.46. The van der Waals surface area contributed by atoms with Crippen molar-refractivity contribution in [3.8, 4) is 0 Å². The second-order valence-electron chi connectivity index (χ2n) is 6.68. The van der Waals surface area contributed by atoms with Gasteiger partial charge in [-0.2, -0.15) is 4.31 Å². The number of nitrogens with one attached hydrogen (secondary N) is 2. The van der Waals surface area contributed by atoms with E-state index in [0.29, 0.717) is 43.2 Å². The average molecular weight is 437 g/mol. The first-order chi connectivity index (χ1) is 13.9. The Morgan fingerprint density at radius 2 is 1.83 bits per heavy atom. The van der Waals surface area contributed by atoms with Gasteiger partial charge in [0, 0.05) is 32.0 Å². The molecule has 0 aliphatic carbocycles. The summed E-state index contributed by atoms with van der Waals surface area (Å²) in [7, 11) is -3.56. The molecule has 2 N–H and O–H groups in total. The molecule has 2 aromatic rings. The number of hydrogen-bond acceptors (Lipinski definition) is 5. The molecular weight excluding hydrogens is 416 g/mol. The van der Waals surface area contributed by atoms with E-state index in [2.05, 4.69) is 15.6 Å². The number of benzene rings is 1. The van der Waals surface area contributed by atoms with Crippen molar-refractivity contribution in [2.75, 3.05) is 25.0 Å². The zero-order chi connectivity index (χ0) is 20.9. The molecule has 1 aromatic heterocycles. The lowest BCUT2D eigenvalue weighted by Gasteiger charge is -2.31. The molecule has 1 saturated heterocycles. The molecule has 2 amide bonds. The highest BCUT2D eigenvalue weighted by Crippen LogP contribution is 2.23. The lowest BCUT2D eigenvalue weighted by molar-refractivity contribution is -0.136. The fourth-order valence-electron chi connectivity index (χ4n) is 3.06. The van der Waals surface area contributed by atoms with Crippen LogP contribution < -0.4 is 10.6 Å². The van der Waals surface area contributed by atoms with Crippen molar-refractivity contribution >= 4 is 39.1 Å². The van der Waals surface area contributed by atoms with E-state index in [4.69, 9.17) is 11.6 Å². The molecule has 1 fully saturated rings. The number of pyridine rings is 1. The van der Waals surface area contributed by atoms with Gasteiger partial charge in [0.05, 0.1) is 10.7 Å². The zero-order valence-electron chi connectivity index (χ0n) is 15.5. The van der Waals surface area contributed by atoms with Crippen LogP contribution in [-0.4, -0.2) is 49.2 Å². The third-order valence-electron chi connectivity index (χ3n) is 4.73. The lowest BCUT2D eigenvalue weighted by Crippen LogP contribution is -2.43. The maximum absolute atomic E-state index is 12.6. The number of hydrogen-bond donors (Lipinski definition) is 2. The number of carbonyl (C=O) groups is 2. The summed E-state index contributed by atoms with van der Waals surface area (Å²) in [5.41, 5.74) is 0.364. The van der Waals surface area contributed by atoms with E-state index in [1.807, 2.05) is 0 Å². The van der Waals surface area contributed by atoms with E-state index in [1.165, 1.54) is 22.8 Å². The molecule has 1 aromatic carbocycles. The standard InChI is InChI=1S/C19H21ClN4O4S/c20-16-5-1-2-6-17(16)23-19(26)18(25)22-12-14-7-10-24(11-8-14)29(27,28)15-4-3-9-21-13-15/h1-6,9,13-14H,7-8,10-12H2,(H,22,25)(H,23,26). The Bertz CT molecular complexity index is 977. The average Bonchev–Trinajstić information content (AvgIpc) is 2.74. The van der Waals surface area contributed by atoms with E-state index < -0.39 is 21.8 Å². The summed E-state index contributed by atoms with van der Waals surface area (Å²) in [4.78, 5) is 28.1. The molecule has 8 nitrogen and oxygen atoms in total. The molecule has 0 radical (unpaired) electrons. The topological polar surface area (TPSA) is 108 Å². The number of piperidine rings is 1. The molecule has 0 saturated carbocycles. The van der Waals surface area contributed by atoms with Crippen LogP contribution in [0.1, 0.15) is 12.8 Å². The summed E-state index contributed by atoms with van der Waals surface area (Å²) >= 11 is 5.96. The van der Waals surface area contributed by atoms with Crippen LogP contribution in [0.4, 0.5) is 5.69 Å². The van der Waals surface area contributed by atoms with Crippen molar-refractivity contribution in [2.24, 2.45) is 5.92 Å². The summed E-state index contributed by atoms with van der Waals surface area (Å²) in [6, 6.07) is 9.75. The van der Waals surface area contributed by atoms with Crippen LogP contribution in [0.25, 0.3) is 0 Å². The first kappa shape index (κ1) is 21.2. The molecular formula is C19H21ClN4O4S. The largest absolute Gasteiger partial charge is 0.348 e. The first-order valence-electron chi connectivity index (χ1n) is 9.12. The second-order valence-corrected chi connectivity index (χ2v) is 9.03. The number of sulfonamides is 1. The molecule has 0 bridgehead atoms. The number of rotatable bonds is 5. The molecule has 29 heavy (non-hydrogen) atoms. The minimum Gasteiger partial charge on any atom is -0.348 e. The van der Waals surface area contributed by atoms with Crippen molar-refractivity contribution in [3.05, 3.63) is 53.8 Å². The Labute approximate surface area is 174 Å². The Kier molecular flexibility index (Phi) is 6.83. The lowest BCUT2D eigenvalue weighted by atomic mass is 9.98. The molecule has 2 heterocycles. The van der Waals surface area contributed by atoms with Gasteiger partial charge < -0.3 is 10.6 Å². The van der Waals surface area contributed by atoms with Gasteiger partial charge >= 0.3 is 11.8 Å². The number of halogens is 1. The second kappa shape index (κ2) is 9.34. The Hall–Kier alpha value is -2.49. The third kappa shape index (κ3) is 5.31. The van der Waals surface area contributed by atoms with Crippen LogP contribution in [0.3, 0.4) is 0 Å². The van der Waals surface area contributed by atoms with Gasteiger partial charge in [-0.25, -0.2) is 8.42 Å². The van der Waals surface area contributed by atoms with Gasteiger partial charge in [-0.3, -0.25) is 14.6 Å². The van der Waals surface area contributed by atoms with Crippen molar-refractivity contribution in [1.82, 2.24) is 14.6 Å². The number of aromatic nitrogens is 1. The predicted molar refractivity (Wildman–Crippen MR) is 109 cm³/mol. The van der Waals surface area contributed by atoms with Gasteiger partial charge in [-0.15, -0.1) is 0 Å². The molecule has 10 heteroatoms. The minimum absolute atomic E-state index is 0.0902. The van der Waals surface area contributed by atoms with Crippen molar-refractivity contribution < 1.29 is 18.0 Å². The molecule has 0 atom stereocenters. The summed E-state index contributed by atoms with van der Waals surface area (Å²) in [5, 5.41) is 5.41. The van der Waals surface area contributed by atoms with Gasteiger partial charge in [-0.1, -0.05) is 23.7 Å². The van der Waals surface area contributed by atoms with E-state index >= 15 is 0 Å². The highest BCUT2D eigenvalue weighted by atomic mass is 35.5. The van der Waals surface area contributed by atoms with E-state index in [0.717, 1.165) is 0 Å². The van der Waals surface area contributed by atoms with Crippen LogP contribution in [0.5, 0.6) is 0 Å². The van der Waals surface area contributed by atoms with Crippen LogP contribution in [0.15, 0.2) is 53.7 Å². The monoisotopic (exact) mass is 436 g/mol. The highest BCUT2D eigenvalue weighted by Gasteiger charge is 2.30. The molecule has 1 aliphatic heterocycles. The summed E-state index contributed by atoms with van der Waals surface area (Å²) < 4.78 is 26.6. The normalized spacial score (nSPS) is 15.6. The minimum atomic E-state index is -3.56. The van der Waals surface area contributed by atoms with Crippen molar-refractivity contribution in [3.63, 3.8) is 0 Å². The van der Waals surface area contributed by atoms with E-state index in [1.54, 1.807) is 30.3 Å². The molecule has 1 aliphatic rings. The Morgan fingerprint density at radius 3 is 2.48 bits per heavy atom. The maximum Gasteiger partial charge on any atom is 0.313 e. The van der Waals surface area contributed by atoms with Crippen LogP contribution >= 0.6 is 11.6 Å². The summed E-state index contributed by atoms with van der Waals surface area (Å²) in [6.45, 7) is 1.00. The van der Waals surface area contributed by atoms with Crippen LogP contribution in [0.2, 0.25) is 5.02 Å². The summed E-state index contributed by atoms with van der Waals surface area (Å²) in [6.07, 6.45) is 4.03. The predicted octanol–water partition coefficient (Wildman–Crippen LogP) is 1.89. The molecule has 0 spiro atoms. The first-order valence-corrected chi connectivity index (χ1v) is 10.9. The van der Waals surface area contributed by atoms with Crippen LogP contribution in [-0.2, 0) is 19.6 Å². The smallest absolute Gasteiger partial charge is 0.313 e. The number of para-hydroxylation sites is 1. The van der Waals surface area contributed by atoms with Gasteiger partial charge in [0.25, 0.3) is 0 Å². The van der Waals surface area contributed by atoms with Crippen molar-refractivity contribution in [1.29, 1.82) is 0 Å². The van der Waals surface area contributed by atoms with Crippen LogP contribution in [0, 0.1) is 5.92 Å². The quantitative estimate of drug-likeness (QED) is 0.696. The van der Waals surface area contributed by atoms with Gasteiger partial charge in [0.1, 0.15) is 4.90 Å². The fraction of sp³-hybridized carbons (Fsp3) is 0.316. The SMILES string of the molecule is O=C(NCC1CCN(S(=O)(=O)c2cccnc2)CC1)C(=O)Nc1ccccc1Cl. The molecule has 3 rings (SSSR count). The fourth-order valence-corrected chi connectivity index (χ4v) is 4.68.